The summed E-state index contributed by atoms with van der Waals surface area (Å²) in [6.45, 7) is 0. The molecule has 0 fully saturated rings. The van der Waals surface area contributed by atoms with E-state index in [0.29, 0.717) is 14.5 Å². The van der Waals surface area contributed by atoms with E-state index in [-0.39, 0.29) is 11.3 Å². The molecule has 1 unspecified atom stereocenters. The normalized spacial score (nSPS) is 12.6. The molecule has 0 amide bonds. The first-order valence-electron chi connectivity index (χ1n) is 4.37. The Balaban J connectivity index is 3.24. The van der Waals surface area contributed by atoms with E-state index in [2.05, 4.69) is 31.9 Å². The number of hydrogen-bond acceptors (Lipinski definition) is 4. The Morgan fingerprint density at radius 1 is 1.29 bits per heavy atom. The molecule has 6 heteroatoms. The van der Waals surface area contributed by atoms with Crippen LogP contribution in [0.15, 0.2) is 26.7 Å². The third-order valence-corrected chi connectivity index (χ3v) is 3.12. The van der Waals surface area contributed by atoms with E-state index in [1.54, 1.807) is 24.3 Å². The second-order valence-electron chi connectivity index (χ2n) is 3.08. The van der Waals surface area contributed by atoms with E-state index in [1.165, 1.54) is 6.08 Å². The number of nitrogens with zero attached hydrogens (tertiary/aromatic N) is 2. The van der Waals surface area contributed by atoms with Crippen molar-refractivity contribution in [3.63, 3.8) is 0 Å². The van der Waals surface area contributed by atoms with Gasteiger partial charge >= 0.3 is 0 Å². The predicted octanol–water partition coefficient (Wildman–Crippen LogP) is 2.71. The minimum atomic E-state index is -1.45. The second kappa shape index (κ2) is 5.83. The lowest BCUT2D eigenvalue weighted by Crippen LogP contribution is -2.04. The maximum atomic E-state index is 9.50. The van der Waals surface area contributed by atoms with Gasteiger partial charge in [-0.1, -0.05) is 0 Å². The Hall–Kier alpha value is -1.34. The number of aliphatic hydroxyl groups is 1. The molecular formula is C11H6Br2N2O2. The lowest BCUT2D eigenvalue weighted by atomic mass is 10.1. The first kappa shape index (κ1) is 13.7. The van der Waals surface area contributed by atoms with Gasteiger partial charge in [-0.05, 0) is 55.6 Å². The fraction of sp³-hybridized carbons (Fsp3) is 0.0909. The number of aliphatic hydroxyl groups excluding tert-OH is 1. The lowest BCUT2D eigenvalue weighted by Gasteiger charge is -2.04. The maximum absolute atomic E-state index is 9.50. The summed E-state index contributed by atoms with van der Waals surface area (Å²) in [4.78, 5) is 0. The first-order chi connectivity index (χ1) is 7.99. The Bertz CT molecular complexity index is 533. The predicted molar refractivity (Wildman–Crippen MR) is 68.7 cm³/mol. The Kier molecular flexibility index (Phi) is 4.71. The fourth-order valence-corrected chi connectivity index (χ4v) is 2.31. The van der Waals surface area contributed by atoms with Crippen LogP contribution >= 0.6 is 31.9 Å². The molecular weight excluding hydrogens is 352 g/mol. The molecule has 1 atom stereocenters. The number of nitriles is 2. The molecule has 0 aliphatic rings. The standard InChI is InChI=1S/C11H6Br2N2O2/c12-8-2-6(3-9(13)11(8)17)1-7(4-14)10(16)5-15/h1-3,10,16-17H/b7-1-. The van der Waals surface area contributed by atoms with Gasteiger partial charge in [0.15, 0.2) is 6.10 Å². The highest BCUT2D eigenvalue weighted by molar-refractivity contribution is 9.11. The van der Waals surface area contributed by atoms with Crippen molar-refractivity contribution in [2.24, 2.45) is 0 Å². The van der Waals surface area contributed by atoms with E-state index in [0.717, 1.165) is 0 Å². The van der Waals surface area contributed by atoms with Crippen LogP contribution in [0, 0.1) is 22.7 Å². The number of rotatable bonds is 2. The molecule has 2 N–H and O–H groups in total. The van der Waals surface area contributed by atoms with Crippen molar-refractivity contribution in [3.05, 3.63) is 32.2 Å². The maximum Gasteiger partial charge on any atom is 0.175 e. The zero-order valence-corrected chi connectivity index (χ0v) is 11.5. The van der Waals surface area contributed by atoms with E-state index < -0.39 is 6.10 Å². The van der Waals surface area contributed by atoms with Gasteiger partial charge in [0.05, 0.1) is 26.7 Å². The number of halogens is 2. The zero-order chi connectivity index (χ0) is 13.0. The third-order valence-electron chi connectivity index (χ3n) is 1.91. The average molecular weight is 358 g/mol. The highest BCUT2D eigenvalue weighted by atomic mass is 79.9. The molecule has 0 heterocycles. The molecule has 1 aromatic rings. The number of phenolic OH excluding ortho intramolecular Hbond substituents is 1. The lowest BCUT2D eigenvalue weighted by molar-refractivity contribution is 0.271. The summed E-state index contributed by atoms with van der Waals surface area (Å²) < 4.78 is 0.892. The van der Waals surface area contributed by atoms with E-state index >= 15 is 0 Å². The van der Waals surface area contributed by atoms with Crippen LogP contribution in [0.5, 0.6) is 5.75 Å². The van der Waals surface area contributed by atoms with Gasteiger partial charge in [-0.25, -0.2) is 0 Å². The quantitative estimate of drug-likeness (QED) is 0.629. The molecule has 0 spiro atoms. The number of phenols is 1. The van der Waals surface area contributed by atoms with Gasteiger partial charge < -0.3 is 10.2 Å². The largest absolute Gasteiger partial charge is 0.506 e. The van der Waals surface area contributed by atoms with Crippen LogP contribution < -0.4 is 0 Å². The molecule has 4 nitrogen and oxygen atoms in total. The molecule has 0 aliphatic carbocycles. The van der Waals surface area contributed by atoms with Crippen molar-refractivity contribution in [2.45, 2.75) is 6.10 Å². The summed E-state index contributed by atoms with van der Waals surface area (Å²) in [6, 6.07) is 6.46. The van der Waals surface area contributed by atoms with E-state index in [1.807, 2.05) is 0 Å². The molecule has 1 rings (SSSR count). The monoisotopic (exact) mass is 356 g/mol. The average Bonchev–Trinajstić information content (AvgIpc) is 2.31. The smallest absolute Gasteiger partial charge is 0.175 e. The van der Waals surface area contributed by atoms with Gasteiger partial charge in [0.25, 0.3) is 0 Å². The van der Waals surface area contributed by atoms with Crippen molar-refractivity contribution >= 4 is 37.9 Å². The molecule has 0 bridgehead atoms. The Labute approximate surface area is 115 Å². The molecule has 17 heavy (non-hydrogen) atoms. The topological polar surface area (TPSA) is 88.0 Å². The number of benzene rings is 1. The minimum Gasteiger partial charge on any atom is -0.506 e. The molecule has 0 radical (unpaired) electrons. The number of aromatic hydroxyl groups is 1. The molecule has 0 aromatic heterocycles. The SMILES string of the molecule is N#C/C(=C/c1cc(Br)c(O)c(Br)c1)C(O)C#N. The Morgan fingerprint density at radius 2 is 1.82 bits per heavy atom. The summed E-state index contributed by atoms with van der Waals surface area (Å²) >= 11 is 6.29. The molecule has 0 saturated carbocycles. The summed E-state index contributed by atoms with van der Waals surface area (Å²) in [5, 5.41) is 36.0. The van der Waals surface area contributed by atoms with Crippen LogP contribution in [0.3, 0.4) is 0 Å². The summed E-state index contributed by atoms with van der Waals surface area (Å²) in [7, 11) is 0. The molecule has 86 valence electrons. The van der Waals surface area contributed by atoms with Crippen molar-refractivity contribution in [2.75, 3.05) is 0 Å². The van der Waals surface area contributed by atoms with Gasteiger partial charge in [0, 0.05) is 0 Å². The van der Waals surface area contributed by atoms with Gasteiger partial charge in [-0.2, -0.15) is 10.5 Å². The highest BCUT2D eigenvalue weighted by Crippen LogP contribution is 2.34. The third kappa shape index (κ3) is 3.31. The van der Waals surface area contributed by atoms with Crippen molar-refractivity contribution < 1.29 is 10.2 Å². The van der Waals surface area contributed by atoms with Crippen LogP contribution in [-0.2, 0) is 0 Å². The molecule has 0 saturated heterocycles. The summed E-state index contributed by atoms with van der Waals surface area (Å²) in [5.41, 5.74) is 0.518. The first-order valence-corrected chi connectivity index (χ1v) is 5.95. The van der Waals surface area contributed by atoms with E-state index in [4.69, 9.17) is 10.5 Å². The second-order valence-corrected chi connectivity index (χ2v) is 4.78. The zero-order valence-electron chi connectivity index (χ0n) is 8.35. The van der Waals surface area contributed by atoms with Crippen LogP contribution in [-0.4, -0.2) is 16.3 Å². The van der Waals surface area contributed by atoms with Gasteiger partial charge in [-0.15, -0.1) is 0 Å². The van der Waals surface area contributed by atoms with Crippen LogP contribution in [0.25, 0.3) is 6.08 Å². The molecule has 1 aromatic carbocycles. The van der Waals surface area contributed by atoms with Crippen LogP contribution in [0.1, 0.15) is 5.56 Å². The minimum absolute atomic E-state index is 0.0430. The molecule has 0 aliphatic heterocycles. The summed E-state index contributed by atoms with van der Waals surface area (Å²) in [5.74, 6) is 0.0430. The Morgan fingerprint density at radius 3 is 2.24 bits per heavy atom. The van der Waals surface area contributed by atoms with Crippen molar-refractivity contribution in [1.82, 2.24) is 0 Å². The van der Waals surface area contributed by atoms with Gasteiger partial charge in [0.1, 0.15) is 5.75 Å². The van der Waals surface area contributed by atoms with Gasteiger partial charge in [0.2, 0.25) is 0 Å². The van der Waals surface area contributed by atoms with Crippen molar-refractivity contribution in [3.8, 4) is 17.9 Å². The van der Waals surface area contributed by atoms with Crippen LogP contribution in [0.2, 0.25) is 0 Å². The van der Waals surface area contributed by atoms with Crippen molar-refractivity contribution in [1.29, 1.82) is 10.5 Å². The number of hydrogen-bond donors (Lipinski definition) is 2. The summed E-state index contributed by atoms with van der Waals surface area (Å²) in [6.07, 6.45) is -0.0746. The highest BCUT2D eigenvalue weighted by Gasteiger charge is 2.10. The van der Waals surface area contributed by atoms with E-state index in [9.17, 15) is 10.2 Å². The fourth-order valence-electron chi connectivity index (χ4n) is 1.09. The van der Waals surface area contributed by atoms with Gasteiger partial charge in [-0.3, -0.25) is 0 Å². The van der Waals surface area contributed by atoms with Crippen LogP contribution in [0.4, 0.5) is 0 Å².